The molecule has 1 saturated heterocycles. The molecule has 0 radical (unpaired) electrons. The lowest BCUT2D eigenvalue weighted by atomic mass is 10.1. The number of nitrogens with zero attached hydrogens (tertiary/aromatic N) is 4. The van der Waals surface area contributed by atoms with Crippen LogP contribution in [0.2, 0.25) is 0 Å². The van der Waals surface area contributed by atoms with Crippen LogP contribution in [0.5, 0.6) is 5.88 Å². The molecule has 7 heteroatoms. The van der Waals surface area contributed by atoms with Crippen molar-refractivity contribution >= 4 is 11.8 Å². The first-order chi connectivity index (χ1) is 10.6. The average molecular weight is 307 g/mol. The van der Waals surface area contributed by atoms with Gasteiger partial charge in [0.15, 0.2) is 5.82 Å². The van der Waals surface area contributed by atoms with Gasteiger partial charge in [-0.15, -0.1) is 10.2 Å². The summed E-state index contributed by atoms with van der Waals surface area (Å²) in [6.45, 7) is 4.12. The number of hydrogen-bond donors (Lipinski definition) is 1. The van der Waals surface area contributed by atoms with Crippen molar-refractivity contribution in [2.45, 2.75) is 32.3 Å². The first kappa shape index (κ1) is 16.3. The Morgan fingerprint density at radius 3 is 2.91 bits per heavy atom. The Labute approximate surface area is 131 Å². The highest BCUT2D eigenvalue weighted by Crippen LogP contribution is 2.17. The number of aromatic nitrogens is 2. The average Bonchev–Trinajstić information content (AvgIpc) is 2.53. The van der Waals surface area contributed by atoms with Gasteiger partial charge < -0.3 is 19.9 Å². The van der Waals surface area contributed by atoms with E-state index in [-0.39, 0.29) is 12.1 Å². The predicted molar refractivity (Wildman–Crippen MR) is 85.3 cm³/mol. The SMILES string of the molecule is CCCNC(=O)N1CCCC(Oc2ccc(N(C)C)nn2)C1. The van der Waals surface area contributed by atoms with Crippen molar-refractivity contribution in [2.24, 2.45) is 0 Å². The maximum atomic E-state index is 12.0. The summed E-state index contributed by atoms with van der Waals surface area (Å²) >= 11 is 0. The molecule has 22 heavy (non-hydrogen) atoms. The topological polar surface area (TPSA) is 70.6 Å². The third-order valence-corrected chi connectivity index (χ3v) is 3.56. The Morgan fingerprint density at radius 1 is 1.45 bits per heavy atom. The van der Waals surface area contributed by atoms with Crippen LogP contribution in [0.3, 0.4) is 0 Å². The molecule has 1 aliphatic heterocycles. The van der Waals surface area contributed by atoms with Gasteiger partial charge >= 0.3 is 6.03 Å². The molecule has 0 spiro atoms. The Kier molecular flexibility index (Phi) is 5.80. The van der Waals surface area contributed by atoms with Gasteiger partial charge in [-0.3, -0.25) is 0 Å². The smallest absolute Gasteiger partial charge is 0.317 e. The quantitative estimate of drug-likeness (QED) is 0.893. The standard InChI is InChI=1S/C15H25N5O2/c1-4-9-16-15(21)20-10-5-6-12(11-20)22-14-8-7-13(17-18-14)19(2)3/h7-8,12H,4-6,9-11H2,1-3H3,(H,16,21). The second-order valence-electron chi connectivity index (χ2n) is 5.68. The zero-order valence-electron chi connectivity index (χ0n) is 13.6. The summed E-state index contributed by atoms with van der Waals surface area (Å²) in [5, 5.41) is 11.1. The minimum atomic E-state index is -0.0272. The molecule has 1 aromatic heterocycles. The second kappa shape index (κ2) is 7.82. The van der Waals surface area contributed by atoms with Gasteiger partial charge in [0.25, 0.3) is 0 Å². The molecule has 1 N–H and O–H groups in total. The Hall–Kier alpha value is -2.05. The lowest BCUT2D eigenvalue weighted by Crippen LogP contribution is -2.48. The summed E-state index contributed by atoms with van der Waals surface area (Å²) in [4.78, 5) is 15.7. The van der Waals surface area contributed by atoms with Crippen LogP contribution in [-0.2, 0) is 0 Å². The van der Waals surface area contributed by atoms with Gasteiger partial charge in [0.05, 0.1) is 6.54 Å². The lowest BCUT2D eigenvalue weighted by Gasteiger charge is -2.32. The number of ether oxygens (including phenoxy) is 1. The van der Waals surface area contributed by atoms with Crippen molar-refractivity contribution in [1.82, 2.24) is 20.4 Å². The van der Waals surface area contributed by atoms with Gasteiger partial charge in [-0.2, -0.15) is 0 Å². The Balaban J connectivity index is 1.88. The van der Waals surface area contributed by atoms with E-state index in [4.69, 9.17) is 4.74 Å². The maximum absolute atomic E-state index is 12.0. The van der Waals surface area contributed by atoms with E-state index in [9.17, 15) is 4.79 Å². The van der Waals surface area contributed by atoms with Crippen molar-refractivity contribution < 1.29 is 9.53 Å². The lowest BCUT2D eigenvalue weighted by molar-refractivity contribution is 0.0971. The van der Waals surface area contributed by atoms with Crippen LogP contribution in [0.15, 0.2) is 12.1 Å². The summed E-state index contributed by atoms with van der Waals surface area (Å²) in [7, 11) is 3.83. The molecule has 1 aliphatic rings. The number of rotatable bonds is 5. The molecule has 0 aromatic carbocycles. The number of carbonyl (C=O) groups is 1. The number of carbonyl (C=O) groups excluding carboxylic acids is 1. The Morgan fingerprint density at radius 2 is 2.27 bits per heavy atom. The van der Waals surface area contributed by atoms with Crippen LogP contribution in [0.4, 0.5) is 10.6 Å². The van der Waals surface area contributed by atoms with Gasteiger partial charge in [0, 0.05) is 33.3 Å². The first-order valence-corrected chi connectivity index (χ1v) is 7.80. The van der Waals surface area contributed by atoms with E-state index in [1.54, 1.807) is 0 Å². The normalized spacial score (nSPS) is 18.0. The van der Waals surface area contributed by atoms with E-state index < -0.39 is 0 Å². The zero-order chi connectivity index (χ0) is 15.9. The largest absolute Gasteiger partial charge is 0.471 e. The molecule has 122 valence electrons. The van der Waals surface area contributed by atoms with Crippen LogP contribution >= 0.6 is 0 Å². The summed E-state index contributed by atoms with van der Waals surface area (Å²) in [6.07, 6.45) is 2.77. The fraction of sp³-hybridized carbons (Fsp3) is 0.667. The van der Waals surface area contributed by atoms with Crippen molar-refractivity contribution in [3.05, 3.63) is 12.1 Å². The van der Waals surface area contributed by atoms with E-state index in [1.165, 1.54) is 0 Å². The maximum Gasteiger partial charge on any atom is 0.317 e. The molecular weight excluding hydrogens is 282 g/mol. The van der Waals surface area contributed by atoms with E-state index in [0.29, 0.717) is 19.0 Å². The molecule has 0 aliphatic carbocycles. The molecule has 2 amide bonds. The molecule has 2 heterocycles. The summed E-state index contributed by atoms with van der Waals surface area (Å²) in [5.74, 6) is 1.29. The van der Waals surface area contributed by atoms with Crippen LogP contribution < -0.4 is 15.0 Å². The van der Waals surface area contributed by atoms with E-state index in [2.05, 4.69) is 15.5 Å². The van der Waals surface area contributed by atoms with Crippen molar-refractivity contribution in [3.63, 3.8) is 0 Å². The van der Waals surface area contributed by atoms with Gasteiger partial charge in [-0.25, -0.2) is 4.79 Å². The number of amides is 2. The highest BCUT2D eigenvalue weighted by molar-refractivity contribution is 5.74. The number of nitrogens with one attached hydrogen (secondary N) is 1. The van der Waals surface area contributed by atoms with E-state index >= 15 is 0 Å². The number of likely N-dealkylation sites (tertiary alicyclic amines) is 1. The summed E-state index contributed by atoms with van der Waals surface area (Å²) < 4.78 is 5.86. The number of urea groups is 1. The molecule has 1 fully saturated rings. The minimum Gasteiger partial charge on any atom is -0.471 e. The molecule has 1 unspecified atom stereocenters. The highest BCUT2D eigenvalue weighted by Gasteiger charge is 2.25. The third kappa shape index (κ3) is 4.47. The van der Waals surface area contributed by atoms with Crippen LogP contribution in [0.25, 0.3) is 0 Å². The number of hydrogen-bond acceptors (Lipinski definition) is 5. The zero-order valence-corrected chi connectivity index (χ0v) is 13.6. The summed E-state index contributed by atoms with van der Waals surface area (Å²) in [5.41, 5.74) is 0. The predicted octanol–water partition coefficient (Wildman–Crippen LogP) is 1.51. The van der Waals surface area contributed by atoms with Gasteiger partial charge in [0.1, 0.15) is 6.10 Å². The van der Waals surface area contributed by atoms with Gasteiger partial charge in [0.2, 0.25) is 5.88 Å². The molecule has 7 nitrogen and oxygen atoms in total. The Bertz CT molecular complexity index is 477. The van der Waals surface area contributed by atoms with Crippen molar-refractivity contribution in [1.29, 1.82) is 0 Å². The summed E-state index contributed by atoms with van der Waals surface area (Å²) in [6, 6.07) is 3.68. The number of piperidine rings is 1. The van der Waals surface area contributed by atoms with Gasteiger partial charge in [-0.1, -0.05) is 6.92 Å². The molecule has 1 aromatic rings. The second-order valence-corrected chi connectivity index (χ2v) is 5.68. The molecule has 2 rings (SSSR count). The van der Waals surface area contributed by atoms with Crippen LogP contribution in [0.1, 0.15) is 26.2 Å². The highest BCUT2D eigenvalue weighted by atomic mass is 16.5. The number of anilines is 1. The van der Waals surface area contributed by atoms with Gasteiger partial charge in [-0.05, 0) is 25.3 Å². The van der Waals surface area contributed by atoms with Crippen molar-refractivity contribution in [3.8, 4) is 5.88 Å². The fourth-order valence-corrected chi connectivity index (χ4v) is 2.35. The fourth-order valence-electron chi connectivity index (χ4n) is 2.35. The monoisotopic (exact) mass is 307 g/mol. The molecule has 0 bridgehead atoms. The first-order valence-electron chi connectivity index (χ1n) is 7.80. The van der Waals surface area contributed by atoms with Crippen LogP contribution in [0, 0.1) is 0 Å². The molecule has 1 atom stereocenters. The molecular formula is C15H25N5O2. The van der Waals surface area contributed by atoms with E-state index in [1.807, 2.05) is 43.0 Å². The van der Waals surface area contributed by atoms with Crippen molar-refractivity contribution in [2.75, 3.05) is 38.6 Å². The van der Waals surface area contributed by atoms with Crippen LogP contribution in [-0.4, -0.2) is 61.0 Å². The van der Waals surface area contributed by atoms with E-state index in [0.717, 1.165) is 31.6 Å². The third-order valence-electron chi connectivity index (χ3n) is 3.56. The minimum absolute atomic E-state index is 0.0100. The molecule has 0 saturated carbocycles.